The Morgan fingerprint density at radius 2 is 1.83 bits per heavy atom. The van der Waals surface area contributed by atoms with Crippen LogP contribution in [0.1, 0.15) is 131 Å². The number of allylic oxidation sites excluding steroid dienone is 2. The maximum Gasteiger partial charge on any atom is 0.160 e. The number of carbonyl (C=O) groups is 2. The Labute approximate surface area is 385 Å². The van der Waals surface area contributed by atoms with Crippen molar-refractivity contribution in [2.24, 2.45) is 46.2 Å². The molecule has 65 heavy (non-hydrogen) atoms. The minimum Gasteiger partial charge on any atom is -0.504 e. The second-order valence-corrected chi connectivity index (χ2v) is 21.2. The molecule has 1 saturated heterocycles. The number of phenols is 1. The standard InChI is InChI=1S/C56H69N3O6/c1-65-51-27-39-11-17-52(63)55(22-18-34(25-53(55)64)32-56-21-4-7-41(56)12-15-44-45-16-14-43(61)30-49(45)59-33-48(44)56)23-19-36(47(39)31-50(51)62)10-13-42(60)29-46(40-20-24-58-54(57)28-40)38-9-8-35-5-2-3-6-37(35)26-38/h2-3,5-6,8-9,20,26-28,31,34,36,41-42,44-46,48-49,53,58-60,62,64H,4,7,10-18,21-22,24-25,29-30,32-33,57H2,1H3/t34-,36-,41+,42-,44-,45-,46-,48+,49+,53+,55-,56+/m0/s1. The molecule has 0 amide bonds. The second-order valence-electron chi connectivity index (χ2n) is 21.2. The van der Waals surface area contributed by atoms with Gasteiger partial charge in [0.25, 0.3) is 0 Å². The number of aliphatic hydroxyl groups excluding tert-OH is 2. The fourth-order valence-corrected chi connectivity index (χ4v) is 14.7. The van der Waals surface area contributed by atoms with E-state index < -0.39 is 17.6 Å². The number of phenolic OH excluding ortho intramolecular Hbond substituents is 1. The Morgan fingerprint density at radius 1 is 0.969 bits per heavy atom. The zero-order valence-electron chi connectivity index (χ0n) is 38.2. The number of ketones is 2. The molecule has 10 rings (SSSR count). The van der Waals surface area contributed by atoms with E-state index in [1.807, 2.05) is 24.3 Å². The summed E-state index contributed by atoms with van der Waals surface area (Å²) in [7, 11) is 1.53. The Kier molecular flexibility index (Phi) is 12.4. The SMILES string of the molecule is COc1cc2c(cc1O)[C@@H](CC[C@H](O)C[C@H](C1=CCNC(N)=C1)c1ccc3ccccc3c1)C#C[C@@]1(CC[C@H](C[C@]34CCC[C@@H]3CC[C@H]3[C@@H]5CCC(=O)C[C@H]5NC[C@H]34)C[C@H]1O)C(=O)CC2. The van der Waals surface area contributed by atoms with Gasteiger partial charge in [0.05, 0.1) is 25.1 Å². The van der Waals surface area contributed by atoms with Crippen LogP contribution in [-0.4, -0.2) is 65.3 Å². The Bertz CT molecular complexity index is 2430. The van der Waals surface area contributed by atoms with E-state index >= 15 is 0 Å². The number of ether oxygens (including phenoxy) is 1. The number of methoxy groups -OCH3 is 1. The number of fused-ring (bicyclic) bond motifs is 7. The summed E-state index contributed by atoms with van der Waals surface area (Å²) >= 11 is 0. The molecule has 9 nitrogen and oxygen atoms in total. The van der Waals surface area contributed by atoms with Crippen molar-refractivity contribution in [2.75, 3.05) is 20.2 Å². The third-order valence-corrected chi connectivity index (χ3v) is 18.0. The van der Waals surface area contributed by atoms with E-state index in [4.69, 9.17) is 10.5 Å². The molecule has 0 radical (unpaired) electrons. The number of aliphatic hydroxyl groups is 2. The van der Waals surface area contributed by atoms with Gasteiger partial charge in [-0.25, -0.2) is 0 Å². The lowest BCUT2D eigenvalue weighted by Crippen LogP contribution is -2.60. The number of Topliss-reactive ketones (excluding diaryl/α,β-unsaturated/α-hetero) is 2. The van der Waals surface area contributed by atoms with Crippen molar-refractivity contribution in [1.82, 2.24) is 10.6 Å². The fraction of sp³-hybridized carbons (Fsp3) is 0.571. The van der Waals surface area contributed by atoms with Crippen LogP contribution in [0.25, 0.3) is 10.8 Å². The molecule has 12 atom stereocenters. The van der Waals surface area contributed by atoms with E-state index in [1.165, 1.54) is 39.2 Å². The van der Waals surface area contributed by atoms with Gasteiger partial charge < -0.3 is 36.4 Å². The van der Waals surface area contributed by atoms with Gasteiger partial charge in [-0.3, -0.25) is 9.59 Å². The molecule has 0 bridgehead atoms. The summed E-state index contributed by atoms with van der Waals surface area (Å²) in [6.45, 7) is 1.62. The summed E-state index contributed by atoms with van der Waals surface area (Å²) in [5.41, 5.74) is 9.31. The third-order valence-electron chi connectivity index (χ3n) is 18.0. The van der Waals surface area contributed by atoms with Crippen molar-refractivity contribution < 1.29 is 29.6 Å². The first kappa shape index (κ1) is 44.2. The zero-order valence-corrected chi connectivity index (χ0v) is 38.2. The van der Waals surface area contributed by atoms with Crippen molar-refractivity contribution in [3.05, 3.63) is 94.8 Å². The number of hydrogen-bond donors (Lipinski definition) is 6. The van der Waals surface area contributed by atoms with Gasteiger partial charge in [-0.15, -0.1) is 0 Å². The maximum absolute atomic E-state index is 14.6. The molecule has 344 valence electrons. The first-order valence-corrected chi connectivity index (χ1v) is 25.0. The monoisotopic (exact) mass is 880 g/mol. The number of nitrogens with two attached hydrogens (primary N) is 1. The molecule has 7 aliphatic rings. The Morgan fingerprint density at radius 3 is 2.66 bits per heavy atom. The van der Waals surface area contributed by atoms with Gasteiger partial charge in [0.15, 0.2) is 17.3 Å². The van der Waals surface area contributed by atoms with Crippen LogP contribution in [0.2, 0.25) is 0 Å². The van der Waals surface area contributed by atoms with E-state index in [0.29, 0.717) is 104 Å². The highest BCUT2D eigenvalue weighted by Gasteiger charge is 2.59. The number of hydrogen-bond acceptors (Lipinski definition) is 9. The average Bonchev–Trinajstić information content (AvgIpc) is 3.75. The molecular weight excluding hydrogens is 811 g/mol. The van der Waals surface area contributed by atoms with Crippen molar-refractivity contribution in [2.45, 2.75) is 139 Å². The lowest BCUT2D eigenvalue weighted by molar-refractivity contribution is -0.136. The van der Waals surface area contributed by atoms with Crippen LogP contribution in [-0.2, 0) is 16.0 Å². The van der Waals surface area contributed by atoms with Crippen LogP contribution in [0.3, 0.4) is 0 Å². The molecule has 3 aromatic carbocycles. The molecule has 0 unspecified atom stereocenters. The second kappa shape index (κ2) is 18.2. The fourth-order valence-electron chi connectivity index (χ4n) is 14.7. The van der Waals surface area contributed by atoms with E-state index in [-0.39, 0.29) is 35.2 Å². The molecule has 9 heteroatoms. The lowest BCUT2D eigenvalue weighted by atomic mass is 9.49. The van der Waals surface area contributed by atoms with Gasteiger partial charge in [-0.1, -0.05) is 66.8 Å². The number of benzene rings is 3. The highest BCUT2D eigenvalue weighted by molar-refractivity contribution is 5.89. The van der Waals surface area contributed by atoms with Crippen LogP contribution >= 0.6 is 0 Å². The zero-order chi connectivity index (χ0) is 44.9. The van der Waals surface area contributed by atoms with Gasteiger partial charge in [0, 0.05) is 43.7 Å². The van der Waals surface area contributed by atoms with E-state index in [1.54, 1.807) is 6.07 Å². The number of aryl methyl sites for hydroxylation is 1. The summed E-state index contributed by atoms with van der Waals surface area (Å²) in [6.07, 6.45) is 16.6. The minimum atomic E-state index is -1.16. The predicted molar refractivity (Wildman–Crippen MR) is 254 cm³/mol. The normalized spacial score (nSPS) is 34.1. The maximum atomic E-state index is 14.6. The van der Waals surface area contributed by atoms with Crippen LogP contribution < -0.4 is 21.1 Å². The van der Waals surface area contributed by atoms with Crippen LogP contribution in [0.5, 0.6) is 11.5 Å². The van der Waals surface area contributed by atoms with Gasteiger partial charge in [-0.2, -0.15) is 0 Å². The summed E-state index contributed by atoms with van der Waals surface area (Å²) in [4.78, 5) is 27.0. The number of rotatable bonds is 10. The van der Waals surface area contributed by atoms with Crippen LogP contribution in [0, 0.1) is 52.3 Å². The molecule has 4 saturated carbocycles. The number of nitrogens with one attached hydrogen (secondary N) is 2. The highest BCUT2D eigenvalue weighted by atomic mass is 16.5. The molecule has 0 aromatic heterocycles. The highest BCUT2D eigenvalue weighted by Crippen LogP contribution is 2.64. The summed E-state index contributed by atoms with van der Waals surface area (Å²) in [6, 6.07) is 18.7. The lowest BCUT2D eigenvalue weighted by Gasteiger charge is -2.58. The molecule has 7 N–H and O–H groups in total. The molecular formula is C56H69N3O6. The van der Waals surface area contributed by atoms with Gasteiger partial charge in [0.2, 0.25) is 0 Å². The van der Waals surface area contributed by atoms with Crippen LogP contribution in [0.15, 0.2) is 78.1 Å². The first-order valence-electron chi connectivity index (χ1n) is 25.0. The summed E-state index contributed by atoms with van der Waals surface area (Å²) in [5.74, 6) is 10.9. The molecule has 5 fully saturated rings. The van der Waals surface area contributed by atoms with E-state index in [2.05, 4.69) is 58.9 Å². The largest absolute Gasteiger partial charge is 0.504 e. The van der Waals surface area contributed by atoms with Crippen molar-refractivity contribution in [3.8, 4) is 23.3 Å². The number of carbonyl (C=O) groups excluding carboxylic acids is 2. The smallest absolute Gasteiger partial charge is 0.160 e. The summed E-state index contributed by atoms with van der Waals surface area (Å²) < 4.78 is 5.55. The number of dihydropyridines is 1. The summed E-state index contributed by atoms with van der Waals surface area (Å²) in [5, 5.41) is 44.9. The number of aromatic hydroxyl groups is 1. The molecule has 5 aliphatic carbocycles. The van der Waals surface area contributed by atoms with Crippen molar-refractivity contribution in [3.63, 3.8) is 0 Å². The number of piperidine rings is 1. The predicted octanol–water partition coefficient (Wildman–Crippen LogP) is 8.49. The average molecular weight is 880 g/mol. The molecule has 3 aromatic rings. The van der Waals surface area contributed by atoms with Gasteiger partial charge >= 0.3 is 0 Å². The van der Waals surface area contributed by atoms with Gasteiger partial charge in [-0.05, 0) is 176 Å². The third kappa shape index (κ3) is 8.42. The van der Waals surface area contributed by atoms with Gasteiger partial charge in [0.1, 0.15) is 11.2 Å². The topological polar surface area (TPSA) is 154 Å². The van der Waals surface area contributed by atoms with Crippen molar-refractivity contribution in [1.29, 1.82) is 0 Å². The van der Waals surface area contributed by atoms with E-state index in [0.717, 1.165) is 65.3 Å². The Balaban J connectivity index is 0.896. The van der Waals surface area contributed by atoms with Crippen LogP contribution in [0.4, 0.5) is 0 Å². The molecule has 1 spiro atoms. The quantitative estimate of drug-likeness (QED) is 0.110. The first-order chi connectivity index (χ1) is 31.5. The van der Waals surface area contributed by atoms with E-state index in [9.17, 15) is 24.9 Å². The van der Waals surface area contributed by atoms with Crippen molar-refractivity contribution >= 4 is 22.3 Å². The molecule has 2 heterocycles. The Hall–Kier alpha value is -4.62. The molecule has 2 aliphatic heterocycles. The minimum absolute atomic E-state index is 0.000526.